The van der Waals surface area contributed by atoms with Crippen LogP contribution < -0.4 is 15.5 Å². The number of amides is 2. The zero-order valence-corrected chi connectivity index (χ0v) is 22.8. The highest BCUT2D eigenvalue weighted by Crippen LogP contribution is 2.30. The summed E-state index contributed by atoms with van der Waals surface area (Å²) >= 11 is 0. The number of anilines is 2. The summed E-state index contributed by atoms with van der Waals surface area (Å²) in [6.07, 6.45) is 3.16. The third-order valence-corrected chi connectivity index (χ3v) is 7.73. The van der Waals surface area contributed by atoms with Gasteiger partial charge in [0.2, 0.25) is 0 Å². The van der Waals surface area contributed by atoms with Gasteiger partial charge in [-0.15, -0.1) is 0 Å². The van der Waals surface area contributed by atoms with Crippen molar-refractivity contribution in [2.75, 3.05) is 62.7 Å². The number of hydrogen-bond acceptors (Lipinski definition) is 5. The summed E-state index contributed by atoms with van der Waals surface area (Å²) in [6, 6.07) is 21.6. The molecule has 0 spiro atoms. The number of carbonyl (C=O) groups is 2. The van der Waals surface area contributed by atoms with Crippen LogP contribution in [0.5, 0.6) is 0 Å². The maximum atomic E-state index is 13.6. The number of nitrogens with one attached hydrogen (secondary N) is 2. The molecule has 0 saturated carbocycles. The fourth-order valence-corrected chi connectivity index (χ4v) is 5.48. The summed E-state index contributed by atoms with van der Waals surface area (Å²) in [7, 11) is 0. The number of nitrogens with zero attached hydrogens (tertiary/aromatic N) is 2. The van der Waals surface area contributed by atoms with Crippen molar-refractivity contribution >= 4 is 23.2 Å². The molecule has 2 aliphatic rings. The summed E-state index contributed by atoms with van der Waals surface area (Å²) < 4.78 is 19.1. The van der Waals surface area contributed by atoms with Crippen molar-refractivity contribution in [1.29, 1.82) is 0 Å². The first kappa shape index (κ1) is 27.8. The van der Waals surface area contributed by atoms with Crippen LogP contribution in [0.25, 0.3) is 0 Å². The molecule has 2 amide bonds. The zero-order chi connectivity index (χ0) is 27.7. The third-order valence-electron chi connectivity index (χ3n) is 7.73. The highest BCUT2D eigenvalue weighted by molar-refractivity contribution is 6.06. The normalized spacial score (nSPS) is 16.5. The SMILES string of the molecule is O=C(Nc1ccc(N2CCC(Cc3ccccc3)CC2)c(C(=O)NCCN2CCOCC2)c1)c1cccc(F)c1. The average molecular weight is 545 g/mol. The molecule has 7 nitrogen and oxygen atoms in total. The van der Waals surface area contributed by atoms with Crippen molar-refractivity contribution in [3.8, 4) is 0 Å². The van der Waals surface area contributed by atoms with E-state index in [0.29, 0.717) is 36.9 Å². The summed E-state index contributed by atoms with van der Waals surface area (Å²) in [6.45, 7) is 6.15. The molecule has 2 saturated heterocycles. The molecule has 2 fully saturated rings. The molecule has 210 valence electrons. The minimum Gasteiger partial charge on any atom is -0.379 e. The molecular formula is C32H37FN4O3. The Kier molecular flexibility index (Phi) is 9.42. The van der Waals surface area contributed by atoms with E-state index in [4.69, 9.17) is 4.74 Å². The topological polar surface area (TPSA) is 73.9 Å². The smallest absolute Gasteiger partial charge is 0.255 e. The Morgan fingerprint density at radius 1 is 0.875 bits per heavy atom. The highest BCUT2D eigenvalue weighted by atomic mass is 19.1. The number of halogens is 1. The fourth-order valence-electron chi connectivity index (χ4n) is 5.48. The largest absolute Gasteiger partial charge is 0.379 e. The van der Waals surface area contributed by atoms with Crippen molar-refractivity contribution in [3.05, 3.63) is 95.3 Å². The van der Waals surface area contributed by atoms with Gasteiger partial charge in [0, 0.05) is 56.2 Å². The van der Waals surface area contributed by atoms with Gasteiger partial charge in [0.25, 0.3) is 11.8 Å². The Hall–Kier alpha value is -3.75. The van der Waals surface area contributed by atoms with Crippen molar-refractivity contribution in [1.82, 2.24) is 10.2 Å². The first-order valence-electron chi connectivity index (χ1n) is 14.1. The van der Waals surface area contributed by atoms with Gasteiger partial charge in [-0.25, -0.2) is 4.39 Å². The van der Waals surface area contributed by atoms with Gasteiger partial charge in [0.1, 0.15) is 5.82 Å². The summed E-state index contributed by atoms with van der Waals surface area (Å²) in [4.78, 5) is 30.8. The summed E-state index contributed by atoms with van der Waals surface area (Å²) in [5.74, 6) is -0.461. The second-order valence-electron chi connectivity index (χ2n) is 10.5. The maximum absolute atomic E-state index is 13.6. The van der Waals surface area contributed by atoms with E-state index in [1.54, 1.807) is 12.1 Å². The third kappa shape index (κ3) is 7.46. The Labute approximate surface area is 235 Å². The van der Waals surface area contributed by atoms with Crippen molar-refractivity contribution in [3.63, 3.8) is 0 Å². The number of hydrogen-bond donors (Lipinski definition) is 2. The zero-order valence-electron chi connectivity index (χ0n) is 22.8. The molecule has 0 radical (unpaired) electrons. The van der Waals surface area contributed by atoms with Crippen LogP contribution in [-0.2, 0) is 11.2 Å². The van der Waals surface area contributed by atoms with Crippen LogP contribution in [0.15, 0.2) is 72.8 Å². The number of ether oxygens (including phenoxy) is 1. The number of morpholine rings is 1. The number of rotatable bonds is 9. The Morgan fingerprint density at radius 2 is 1.65 bits per heavy atom. The van der Waals surface area contributed by atoms with Crippen LogP contribution in [0, 0.1) is 11.7 Å². The fraction of sp³-hybridized carbons (Fsp3) is 0.375. The predicted molar refractivity (Wildman–Crippen MR) is 155 cm³/mol. The van der Waals surface area contributed by atoms with Crippen LogP contribution in [0.2, 0.25) is 0 Å². The molecule has 40 heavy (non-hydrogen) atoms. The van der Waals surface area contributed by atoms with E-state index in [1.165, 1.54) is 23.8 Å². The monoisotopic (exact) mass is 544 g/mol. The average Bonchev–Trinajstić information content (AvgIpc) is 2.98. The lowest BCUT2D eigenvalue weighted by molar-refractivity contribution is 0.0383. The molecule has 3 aromatic rings. The molecule has 0 unspecified atom stereocenters. The van der Waals surface area contributed by atoms with E-state index in [9.17, 15) is 14.0 Å². The Balaban J connectivity index is 1.28. The van der Waals surface area contributed by atoms with Gasteiger partial charge >= 0.3 is 0 Å². The van der Waals surface area contributed by atoms with Gasteiger partial charge in [-0.3, -0.25) is 14.5 Å². The molecule has 0 atom stereocenters. The molecule has 2 heterocycles. The number of carbonyl (C=O) groups excluding carboxylic acids is 2. The molecule has 3 aromatic carbocycles. The van der Waals surface area contributed by atoms with E-state index >= 15 is 0 Å². The lowest BCUT2D eigenvalue weighted by Gasteiger charge is -2.35. The van der Waals surface area contributed by atoms with Gasteiger partial charge < -0.3 is 20.3 Å². The molecule has 2 aliphatic heterocycles. The van der Waals surface area contributed by atoms with Crippen LogP contribution in [0.1, 0.15) is 39.1 Å². The maximum Gasteiger partial charge on any atom is 0.255 e. The second kappa shape index (κ2) is 13.5. The number of piperidine rings is 1. The Morgan fingerprint density at radius 3 is 2.40 bits per heavy atom. The summed E-state index contributed by atoms with van der Waals surface area (Å²) in [5.41, 5.74) is 3.47. The van der Waals surface area contributed by atoms with Crippen LogP contribution in [-0.4, -0.2) is 69.2 Å². The van der Waals surface area contributed by atoms with Gasteiger partial charge in [-0.1, -0.05) is 36.4 Å². The van der Waals surface area contributed by atoms with Crippen molar-refractivity contribution in [2.24, 2.45) is 5.92 Å². The predicted octanol–water partition coefficient (Wildman–Crippen LogP) is 4.60. The Bertz CT molecular complexity index is 1290. The first-order valence-corrected chi connectivity index (χ1v) is 14.1. The van der Waals surface area contributed by atoms with Crippen LogP contribution in [0.3, 0.4) is 0 Å². The van der Waals surface area contributed by atoms with E-state index in [0.717, 1.165) is 57.7 Å². The first-order chi connectivity index (χ1) is 19.5. The van der Waals surface area contributed by atoms with Crippen molar-refractivity contribution in [2.45, 2.75) is 19.3 Å². The molecule has 0 aromatic heterocycles. The molecule has 0 aliphatic carbocycles. The van der Waals surface area contributed by atoms with Crippen LogP contribution >= 0.6 is 0 Å². The highest BCUT2D eigenvalue weighted by Gasteiger charge is 2.24. The van der Waals surface area contributed by atoms with E-state index in [-0.39, 0.29) is 11.5 Å². The second-order valence-corrected chi connectivity index (χ2v) is 10.5. The van der Waals surface area contributed by atoms with E-state index in [1.807, 2.05) is 18.2 Å². The van der Waals surface area contributed by atoms with Gasteiger partial charge in [-0.05, 0) is 67.1 Å². The van der Waals surface area contributed by atoms with E-state index in [2.05, 4.69) is 44.7 Å². The molecule has 0 bridgehead atoms. The standard InChI is InChI=1S/C32H37FN4O3/c33-27-8-4-7-26(22-27)31(38)35-28-9-10-30(29(23-28)32(39)34-13-16-36-17-19-40-20-18-36)37-14-11-25(12-15-37)21-24-5-2-1-3-6-24/h1-10,22-23,25H,11-21H2,(H,34,39)(H,35,38). The number of benzene rings is 3. The minimum absolute atomic E-state index is 0.170. The van der Waals surface area contributed by atoms with Gasteiger partial charge in [0.05, 0.1) is 18.8 Å². The molecule has 8 heteroatoms. The molecule has 5 rings (SSSR count). The minimum atomic E-state index is -0.473. The molecule has 2 N–H and O–H groups in total. The molecular weight excluding hydrogens is 507 g/mol. The summed E-state index contributed by atoms with van der Waals surface area (Å²) in [5, 5.41) is 5.90. The van der Waals surface area contributed by atoms with Crippen LogP contribution in [0.4, 0.5) is 15.8 Å². The van der Waals surface area contributed by atoms with Crippen molar-refractivity contribution < 1.29 is 18.7 Å². The van der Waals surface area contributed by atoms with E-state index < -0.39 is 11.7 Å². The quantitative estimate of drug-likeness (QED) is 0.412. The lowest BCUT2D eigenvalue weighted by atomic mass is 9.89. The van der Waals surface area contributed by atoms with Gasteiger partial charge in [0.15, 0.2) is 0 Å². The lowest BCUT2D eigenvalue weighted by Crippen LogP contribution is -2.41. The van der Waals surface area contributed by atoms with Gasteiger partial charge in [-0.2, -0.15) is 0 Å².